The van der Waals surface area contributed by atoms with Crippen LogP contribution in [-0.4, -0.2) is 113 Å². The lowest BCUT2D eigenvalue weighted by Gasteiger charge is -2.40. The Balaban J connectivity index is 1.40. The molecule has 2 saturated carbocycles. The predicted molar refractivity (Wildman–Crippen MR) is 197 cm³/mol. The van der Waals surface area contributed by atoms with Crippen molar-refractivity contribution in [2.45, 2.75) is 113 Å². The average Bonchev–Trinajstić information content (AvgIpc) is 4.07. The number of carbonyl (C=O) groups is 4. The summed E-state index contributed by atoms with van der Waals surface area (Å²) < 4.78 is 108. The summed E-state index contributed by atoms with van der Waals surface area (Å²) >= 11 is 0. The van der Waals surface area contributed by atoms with Crippen molar-refractivity contribution in [3.05, 3.63) is 42.6 Å². The van der Waals surface area contributed by atoms with E-state index in [1.54, 1.807) is 36.4 Å². The van der Waals surface area contributed by atoms with E-state index in [-0.39, 0.29) is 41.7 Å². The van der Waals surface area contributed by atoms with Crippen LogP contribution in [0, 0.1) is 17.8 Å². The molecule has 0 unspecified atom stereocenters. The fourth-order valence-electron chi connectivity index (χ4n) is 8.01. The molecular weight excluding hydrogens is 798 g/mol. The third kappa shape index (κ3) is 9.10. The smallest absolute Gasteiger partial charge is 0.408 e. The standard InChI is InChI=1S/C38H46F5N5O9S/c1-20-8-4-5-9-23-16-37(23,35(51)46-58(54,55)25-12-13-25)45-32(49)28-15-24(57-33-27-11-7-6-10-26(27)29(17-44-33)56-19-30(39)40)18-47(28)34(50)31(21(2)14-20)48(36(52)53)22(3)38(41,42)43/h5-7,9-11,17,20-25,28,30-31H,4,8,12-16,18-19H2,1-3H3,(H,45,49)(H,46,51)(H,52,53)/b9-5-/t20-,21-,22-,23-,24-,28+,31+,37-/m1/s1. The number of carbonyl (C=O) groups excluding carboxylic acids is 3. The number of rotatable bonds is 10. The number of carboxylic acid groups (broad SMARTS) is 1. The summed E-state index contributed by atoms with van der Waals surface area (Å²) in [5.41, 5.74) is -1.74. The average molecular weight is 844 g/mol. The van der Waals surface area contributed by atoms with Crippen LogP contribution in [0.2, 0.25) is 0 Å². The number of sulfonamides is 1. The van der Waals surface area contributed by atoms with Crippen LogP contribution >= 0.6 is 0 Å². The van der Waals surface area contributed by atoms with E-state index in [1.165, 1.54) is 6.92 Å². The molecule has 0 bridgehead atoms. The molecule has 0 radical (unpaired) electrons. The molecule has 2 aliphatic heterocycles. The van der Waals surface area contributed by atoms with E-state index in [9.17, 15) is 54.7 Å². The van der Waals surface area contributed by atoms with E-state index in [4.69, 9.17) is 9.47 Å². The normalized spacial score (nSPS) is 29.3. The number of pyridine rings is 1. The fourth-order valence-corrected chi connectivity index (χ4v) is 9.38. The molecule has 1 aromatic carbocycles. The van der Waals surface area contributed by atoms with E-state index < -0.39 is 106 Å². The van der Waals surface area contributed by atoms with Crippen molar-refractivity contribution >= 4 is 44.6 Å². The Morgan fingerprint density at radius 3 is 2.45 bits per heavy atom. The Bertz CT molecular complexity index is 2050. The van der Waals surface area contributed by atoms with Gasteiger partial charge >= 0.3 is 12.3 Å². The van der Waals surface area contributed by atoms with Gasteiger partial charge in [0.15, 0.2) is 0 Å². The van der Waals surface area contributed by atoms with Crippen molar-refractivity contribution in [1.82, 2.24) is 24.8 Å². The van der Waals surface area contributed by atoms with Gasteiger partial charge in [-0.05, 0) is 63.4 Å². The Kier molecular flexibility index (Phi) is 12.2. The minimum Gasteiger partial charge on any atom is -0.485 e. The van der Waals surface area contributed by atoms with Crippen LogP contribution in [0.4, 0.5) is 26.7 Å². The van der Waals surface area contributed by atoms with Gasteiger partial charge in [0.1, 0.15) is 42.1 Å². The largest absolute Gasteiger partial charge is 0.485 e. The summed E-state index contributed by atoms with van der Waals surface area (Å²) in [5, 5.41) is 12.8. The number of benzene rings is 1. The highest BCUT2D eigenvalue weighted by Crippen LogP contribution is 2.46. The molecule has 6 rings (SSSR count). The highest BCUT2D eigenvalue weighted by atomic mass is 32.2. The van der Waals surface area contributed by atoms with E-state index >= 15 is 0 Å². The number of ether oxygens (including phenoxy) is 2. The quantitative estimate of drug-likeness (QED) is 0.217. The molecule has 58 heavy (non-hydrogen) atoms. The predicted octanol–water partition coefficient (Wildman–Crippen LogP) is 5.02. The molecule has 8 atom stereocenters. The maximum atomic E-state index is 14.8. The van der Waals surface area contributed by atoms with Crippen molar-refractivity contribution in [2.24, 2.45) is 17.8 Å². The van der Waals surface area contributed by atoms with Crippen LogP contribution in [0.5, 0.6) is 11.6 Å². The molecule has 2 aliphatic carbocycles. The number of halogens is 5. The first kappa shape index (κ1) is 42.8. The van der Waals surface area contributed by atoms with Crippen molar-refractivity contribution in [2.75, 3.05) is 13.2 Å². The first-order chi connectivity index (χ1) is 27.2. The summed E-state index contributed by atoms with van der Waals surface area (Å²) in [5.74, 6) is -4.88. The van der Waals surface area contributed by atoms with Crippen LogP contribution in [-0.2, 0) is 24.4 Å². The topological polar surface area (TPSA) is 185 Å². The van der Waals surface area contributed by atoms with Gasteiger partial charge in [0, 0.05) is 23.1 Å². The second-order valence-corrected chi connectivity index (χ2v) is 17.7. The van der Waals surface area contributed by atoms with Gasteiger partial charge in [0.25, 0.3) is 12.3 Å². The fraction of sp³-hybridized carbons (Fsp3) is 0.605. The zero-order chi connectivity index (χ0) is 42.3. The van der Waals surface area contributed by atoms with E-state index in [2.05, 4.69) is 15.0 Å². The summed E-state index contributed by atoms with van der Waals surface area (Å²) in [6, 6.07) is 0.291. The lowest BCUT2D eigenvalue weighted by Crippen LogP contribution is -2.62. The van der Waals surface area contributed by atoms with Gasteiger partial charge in [-0.1, -0.05) is 44.2 Å². The number of aromatic nitrogens is 1. The van der Waals surface area contributed by atoms with E-state index in [1.807, 2.05) is 6.92 Å². The molecule has 4 amide bonds. The van der Waals surface area contributed by atoms with Crippen molar-refractivity contribution in [3.8, 4) is 11.6 Å². The maximum Gasteiger partial charge on any atom is 0.408 e. The summed E-state index contributed by atoms with van der Waals surface area (Å²) in [6.07, 6.45) is -4.83. The van der Waals surface area contributed by atoms with Crippen molar-refractivity contribution in [1.29, 1.82) is 0 Å². The van der Waals surface area contributed by atoms with Crippen molar-refractivity contribution in [3.63, 3.8) is 0 Å². The lowest BCUT2D eigenvalue weighted by atomic mass is 9.86. The van der Waals surface area contributed by atoms with Crippen molar-refractivity contribution < 1.29 is 64.1 Å². The van der Waals surface area contributed by atoms with Crippen LogP contribution < -0.4 is 19.5 Å². The van der Waals surface area contributed by atoms with E-state index in [0.29, 0.717) is 43.4 Å². The Morgan fingerprint density at radius 2 is 1.81 bits per heavy atom. The third-order valence-corrected chi connectivity index (χ3v) is 13.2. The van der Waals surface area contributed by atoms with Crippen LogP contribution in [0.3, 0.4) is 0 Å². The van der Waals surface area contributed by atoms with Crippen LogP contribution in [0.15, 0.2) is 42.6 Å². The van der Waals surface area contributed by atoms with Gasteiger partial charge in [-0.25, -0.2) is 27.0 Å². The number of amides is 4. The second-order valence-electron chi connectivity index (χ2n) is 15.8. The monoisotopic (exact) mass is 843 g/mol. The molecule has 1 saturated heterocycles. The number of allylic oxidation sites excluding steroid dienone is 1. The first-order valence-corrected chi connectivity index (χ1v) is 20.7. The SMILES string of the molecule is C[C@@H]1CC/C=C\[C@@H]2C[C@@]2(C(=O)NS(=O)(=O)C2CC2)NC(=O)[C@@H]2C[C@@H](Oc3ncc(OCC(F)F)c4ccccc34)CN2C(=O)[C@@H](N(C(=O)O)[C@H](C)C(F)(F)F)[C@H](C)C1. The molecule has 20 heteroatoms. The zero-order valence-electron chi connectivity index (χ0n) is 32.0. The molecule has 3 N–H and O–H groups in total. The minimum atomic E-state index is -5.07. The number of nitrogens with zero attached hydrogens (tertiary/aromatic N) is 3. The molecule has 1 aromatic heterocycles. The molecule has 14 nitrogen and oxygen atoms in total. The molecule has 2 aromatic rings. The molecule has 3 heterocycles. The van der Waals surface area contributed by atoms with Crippen LogP contribution in [0.25, 0.3) is 10.8 Å². The minimum absolute atomic E-state index is 0.0167. The van der Waals surface area contributed by atoms with Gasteiger partial charge in [-0.2, -0.15) is 13.2 Å². The molecule has 4 aliphatic rings. The summed E-state index contributed by atoms with van der Waals surface area (Å²) in [6.45, 7) is 2.57. The van der Waals surface area contributed by atoms with Gasteiger partial charge in [-0.15, -0.1) is 0 Å². The molecule has 0 spiro atoms. The number of fused-ring (bicyclic) bond motifs is 3. The molecule has 3 fully saturated rings. The summed E-state index contributed by atoms with van der Waals surface area (Å²) in [7, 11) is -4.05. The number of alkyl halides is 5. The van der Waals surface area contributed by atoms with Crippen LogP contribution in [0.1, 0.15) is 65.7 Å². The van der Waals surface area contributed by atoms with Gasteiger partial charge < -0.3 is 24.8 Å². The molecule has 318 valence electrons. The first-order valence-electron chi connectivity index (χ1n) is 19.1. The molecular formula is C38H46F5N5O9S. The number of hydrogen-bond acceptors (Lipinski definition) is 9. The Morgan fingerprint density at radius 1 is 1.12 bits per heavy atom. The Hall–Kier alpha value is -4.75. The highest BCUT2D eigenvalue weighted by Gasteiger charge is 2.62. The summed E-state index contributed by atoms with van der Waals surface area (Å²) in [4.78, 5) is 61.0. The Labute approximate surface area is 331 Å². The highest BCUT2D eigenvalue weighted by molar-refractivity contribution is 7.91. The second kappa shape index (κ2) is 16.5. The number of hydrogen-bond donors (Lipinski definition) is 3. The maximum absolute atomic E-state index is 14.8. The van der Waals surface area contributed by atoms with Gasteiger partial charge in [-0.3, -0.25) is 24.0 Å². The van der Waals surface area contributed by atoms with Gasteiger partial charge in [0.05, 0.1) is 18.0 Å². The van der Waals surface area contributed by atoms with E-state index in [0.717, 1.165) is 11.1 Å². The van der Waals surface area contributed by atoms with Gasteiger partial charge in [0.2, 0.25) is 27.7 Å². The lowest BCUT2D eigenvalue weighted by molar-refractivity contribution is -0.184. The number of nitrogens with one attached hydrogen (secondary N) is 2. The zero-order valence-corrected chi connectivity index (χ0v) is 32.8. The third-order valence-electron chi connectivity index (χ3n) is 11.4.